The van der Waals surface area contributed by atoms with Crippen LogP contribution in [0.2, 0.25) is 0 Å². The predicted molar refractivity (Wildman–Crippen MR) is 116 cm³/mol. The summed E-state index contributed by atoms with van der Waals surface area (Å²) in [6.45, 7) is 2.12. The number of benzene rings is 2. The largest absolute Gasteiger partial charge is 0.370 e. The monoisotopic (exact) mass is 432 g/mol. The van der Waals surface area contributed by atoms with Gasteiger partial charge in [-0.1, -0.05) is 48.0 Å². The van der Waals surface area contributed by atoms with Crippen molar-refractivity contribution in [3.8, 4) is 0 Å². The quantitative estimate of drug-likeness (QED) is 0.605. The van der Waals surface area contributed by atoms with E-state index in [2.05, 4.69) is 10.6 Å². The minimum Gasteiger partial charge on any atom is -0.370 e. The number of hydrogen-bond donors (Lipinski definition) is 3. The van der Waals surface area contributed by atoms with Crippen LogP contribution in [-0.2, 0) is 31.1 Å². The van der Waals surface area contributed by atoms with Crippen LogP contribution in [0.25, 0.3) is 0 Å². The standard InChI is InChI=1S/C24H24N4O4/c1-13-7-8-16-15(11-13)24(23(32)26-16)20-19(17(27-24)12-18(25)29)21(30)28(22(20)31)10-9-14-5-3-2-4-6-14/h2-8,11,17,19-20,27H,9-10,12H2,1H3,(H2,25,29)(H,26,32)/t17-,19-,20+,24+/m1/s1. The maximum absolute atomic E-state index is 13.6. The molecule has 0 radical (unpaired) electrons. The SMILES string of the molecule is Cc1ccc2c(c1)[C@@]1(N[C@H](CC(N)=O)[C@H]3C(=O)N(CCc4ccccc4)C(=O)[C@H]31)C(=O)N2. The lowest BCUT2D eigenvalue weighted by Gasteiger charge is -2.29. The summed E-state index contributed by atoms with van der Waals surface area (Å²) in [4.78, 5) is 53.4. The summed E-state index contributed by atoms with van der Waals surface area (Å²) in [5.74, 6) is -3.49. The average molecular weight is 432 g/mol. The number of imide groups is 1. The molecule has 8 nitrogen and oxygen atoms in total. The number of likely N-dealkylation sites (tertiary alicyclic amines) is 1. The van der Waals surface area contributed by atoms with Crippen LogP contribution in [0.4, 0.5) is 5.69 Å². The summed E-state index contributed by atoms with van der Waals surface area (Å²) in [5, 5.41) is 6.06. The zero-order valence-electron chi connectivity index (χ0n) is 17.6. The van der Waals surface area contributed by atoms with Crippen LogP contribution in [0.5, 0.6) is 0 Å². The number of carbonyl (C=O) groups excluding carboxylic acids is 4. The zero-order chi connectivity index (χ0) is 22.6. The number of amides is 4. The van der Waals surface area contributed by atoms with Gasteiger partial charge in [0.15, 0.2) is 0 Å². The third kappa shape index (κ3) is 2.86. The van der Waals surface area contributed by atoms with Gasteiger partial charge < -0.3 is 11.1 Å². The van der Waals surface area contributed by atoms with Gasteiger partial charge in [0.05, 0.1) is 11.8 Å². The molecule has 164 valence electrons. The molecule has 3 aliphatic heterocycles. The normalized spacial score (nSPS) is 28.2. The molecule has 0 unspecified atom stereocenters. The number of nitrogens with one attached hydrogen (secondary N) is 2. The number of fused-ring (bicyclic) bond motifs is 4. The molecular weight excluding hydrogens is 408 g/mol. The van der Waals surface area contributed by atoms with Crippen molar-refractivity contribution < 1.29 is 19.2 Å². The Morgan fingerprint density at radius 2 is 1.84 bits per heavy atom. The van der Waals surface area contributed by atoms with Crippen molar-refractivity contribution in [2.45, 2.75) is 31.3 Å². The van der Waals surface area contributed by atoms with Crippen LogP contribution in [0, 0.1) is 18.8 Å². The minimum absolute atomic E-state index is 0.136. The van der Waals surface area contributed by atoms with E-state index in [-0.39, 0.29) is 30.7 Å². The van der Waals surface area contributed by atoms with Crippen molar-refractivity contribution in [1.29, 1.82) is 0 Å². The maximum atomic E-state index is 13.6. The molecule has 2 aromatic carbocycles. The number of primary amides is 1. The summed E-state index contributed by atoms with van der Waals surface area (Å²) in [6.07, 6.45) is 0.378. The van der Waals surface area contributed by atoms with Gasteiger partial charge in [0.2, 0.25) is 23.6 Å². The second-order valence-electron chi connectivity index (χ2n) is 8.80. The second kappa shape index (κ2) is 7.27. The fraction of sp³-hybridized carbons (Fsp3) is 0.333. The molecular formula is C24H24N4O4. The number of carbonyl (C=O) groups is 4. The Morgan fingerprint density at radius 1 is 1.09 bits per heavy atom. The van der Waals surface area contributed by atoms with E-state index in [1.165, 1.54) is 4.90 Å². The molecule has 8 heteroatoms. The third-order valence-corrected chi connectivity index (χ3v) is 6.85. The summed E-state index contributed by atoms with van der Waals surface area (Å²) in [5.41, 5.74) is 7.22. The van der Waals surface area contributed by atoms with Gasteiger partial charge in [-0.15, -0.1) is 0 Å². The van der Waals surface area contributed by atoms with Crippen molar-refractivity contribution >= 4 is 29.3 Å². The predicted octanol–water partition coefficient (Wildman–Crippen LogP) is 0.834. The highest BCUT2D eigenvalue weighted by atomic mass is 16.2. The van der Waals surface area contributed by atoms with Gasteiger partial charge in [-0.2, -0.15) is 0 Å². The van der Waals surface area contributed by atoms with E-state index in [1.807, 2.05) is 49.4 Å². The molecule has 4 amide bonds. The molecule has 3 heterocycles. The molecule has 3 aliphatic rings. The van der Waals surface area contributed by atoms with Crippen molar-refractivity contribution in [1.82, 2.24) is 10.2 Å². The number of hydrogen-bond acceptors (Lipinski definition) is 5. The molecule has 4 N–H and O–H groups in total. The van der Waals surface area contributed by atoms with E-state index in [4.69, 9.17) is 5.73 Å². The summed E-state index contributed by atoms with van der Waals surface area (Å²) < 4.78 is 0. The first-order chi connectivity index (χ1) is 15.3. The number of nitrogens with two attached hydrogens (primary N) is 1. The van der Waals surface area contributed by atoms with Crippen molar-refractivity contribution in [2.75, 3.05) is 11.9 Å². The molecule has 0 saturated carbocycles. The van der Waals surface area contributed by atoms with E-state index in [0.29, 0.717) is 17.7 Å². The lowest BCUT2D eigenvalue weighted by atomic mass is 9.76. The van der Waals surface area contributed by atoms with E-state index < -0.39 is 29.3 Å². The van der Waals surface area contributed by atoms with Crippen molar-refractivity contribution in [3.05, 3.63) is 65.2 Å². The Kier molecular flexibility index (Phi) is 4.63. The maximum Gasteiger partial charge on any atom is 0.250 e. The Hall–Kier alpha value is -3.52. The molecule has 2 aromatic rings. The molecule has 0 bridgehead atoms. The van der Waals surface area contributed by atoms with E-state index in [0.717, 1.165) is 11.1 Å². The number of rotatable bonds is 5. The fourth-order valence-electron chi connectivity index (χ4n) is 5.47. The highest BCUT2D eigenvalue weighted by molar-refractivity contribution is 6.15. The van der Waals surface area contributed by atoms with Crippen molar-refractivity contribution in [3.63, 3.8) is 0 Å². The number of aryl methyl sites for hydroxylation is 1. The number of anilines is 1. The lowest BCUT2D eigenvalue weighted by Crippen LogP contribution is -2.53. The van der Waals surface area contributed by atoms with Gasteiger partial charge in [-0.25, -0.2) is 0 Å². The molecule has 0 aromatic heterocycles. The molecule has 32 heavy (non-hydrogen) atoms. The molecule has 4 atom stereocenters. The second-order valence-corrected chi connectivity index (χ2v) is 8.80. The van der Waals surface area contributed by atoms with Crippen molar-refractivity contribution in [2.24, 2.45) is 17.6 Å². The van der Waals surface area contributed by atoms with Crippen LogP contribution < -0.4 is 16.4 Å². The number of nitrogens with zero attached hydrogens (tertiary/aromatic N) is 1. The molecule has 1 spiro atoms. The van der Waals surface area contributed by atoms with Crippen LogP contribution in [0.15, 0.2) is 48.5 Å². The van der Waals surface area contributed by atoms with E-state index in [1.54, 1.807) is 6.07 Å². The first kappa shape index (κ1) is 20.4. The van der Waals surface area contributed by atoms with Gasteiger partial charge in [-0.05, 0) is 25.0 Å². The van der Waals surface area contributed by atoms with Crippen LogP contribution >= 0.6 is 0 Å². The molecule has 0 aliphatic carbocycles. The van der Waals surface area contributed by atoms with Crippen LogP contribution in [-0.4, -0.2) is 41.1 Å². The Labute approximate surface area is 185 Å². The average Bonchev–Trinajstić information content (AvgIpc) is 3.32. The Morgan fingerprint density at radius 3 is 2.56 bits per heavy atom. The third-order valence-electron chi connectivity index (χ3n) is 6.85. The van der Waals surface area contributed by atoms with Crippen LogP contribution in [0.1, 0.15) is 23.1 Å². The first-order valence-electron chi connectivity index (χ1n) is 10.7. The lowest BCUT2D eigenvalue weighted by molar-refractivity contribution is -0.142. The topological polar surface area (TPSA) is 122 Å². The smallest absolute Gasteiger partial charge is 0.250 e. The fourth-order valence-corrected chi connectivity index (χ4v) is 5.47. The summed E-state index contributed by atoms with van der Waals surface area (Å²) >= 11 is 0. The highest BCUT2D eigenvalue weighted by Gasteiger charge is 2.70. The summed E-state index contributed by atoms with van der Waals surface area (Å²) in [7, 11) is 0. The summed E-state index contributed by atoms with van der Waals surface area (Å²) in [6, 6.07) is 14.4. The Bertz CT molecular complexity index is 1150. The van der Waals surface area contributed by atoms with Gasteiger partial charge in [0.1, 0.15) is 5.54 Å². The van der Waals surface area contributed by atoms with E-state index >= 15 is 0 Å². The zero-order valence-corrected chi connectivity index (χ0v) is 17.6. The van der Waals surface area contributed by atoms with Gasteiger partial charge >= 0.3 is 0 Å². The van der Waals surface area contributed by atoms with Crippen LogP contribution in [0.3, 0.4) is 0 Å². The van der Waals surface area contributed by atoms with E-state index in [9.17, 15) is 19.2 Å². The van der Waals surface area contributed by atoms with Gasteiger partial charge in [0.25, 0.3) is 0 Å². The first-order valence-corrected chi connectivity index (χ1v) is 10.7. The van der Waals surface area contributed by atoms with Gasteiger partial charge in [-0.3, -0.25) is 29.4 Å². The molecule has 5 rings (SSSR count). The molecule has 2 fully saturated rings. The minimum atomic E-state index is -1.40. The molecule has 2 saturated heterocycles. The Balaban J connectivity index is 1.55. The highest BCUT2D eigenvalue weighted by Crippen LogP contribution is 2.53. The van der Waals surface area contributed by atoms with Gasteiger partial charge in [0, 0.05) is 30.3 Å².